The van der Waals surface area contributed by atoms with Crippen LogP contribution in [-0.4, -0.2) is 60.4 Å². The molecule has 1 N–H and O–H groups in total. The molecule has 0 saturated carbocycles. The molecule has 2 aromatic rings. The van der Waals surface area contributed by atoms with Gasteiger partial charge in [0.1, 0.15) is 29.1 Å². The van der Waals surface area contributed by atoms with Gasteiger partial charge in [0, 0.05) is 18.7 Å². The van der Waals surface area contributed by atoms with Crippen molar-refractivity contribution in [1.29, 1.82) is 0 Å². The first-order chi connectivity index (χ1) is 14.3. The van der Waals surface area contributed by atoms with Crippen LogP contribution in [0.1, 0.15) is 36.5 Å². The number of ether oxygens (including phenoxy) is 1. The number of amides is 1. The fourth-order valence-electron chi connectivity index (χ4n) is 3.42. The van der Waals surface area contributed by atoms with Crippen molar-refractivity contribution in [2.75, 3.05) is 33.8 Å². The van der Waals surface area contributed by atoms with Crippen molar-refractivity contribution in [2.24, 2.45) is 0 Å². The van der Waals surface area contributed by atoms with Gasteiger partial charge in [0.05, 0.1) is 12.2 Å². The Bertz CT molecular complexity index is 960. The van der Waals surface area contributed by atoms with E-state index >= 15 is 0 Å². The van der Waals surface area contributed by atoms with Gasteiger partial charge in [-0.25, -0.2) is 0 Å². The molecule has 1 aliphatic heterocycles. The van der Waals surface area contributed by atoms with Crippen molar-refractivity contribution in [3.05, 3.63) is 59.1 Å². The van der Waals surface area contributed by atoms with E-state index in [9.17, 15) is 14.7 Å². The number of nitrogens with zero attached hydrogens (tertiary/aromatic N) is 2. The number of ketones is 1. The molecule has 1 fully saturated rings. The second-order valence-electron chi connectivity index (χ2n) is 7.62. The van der Waals surface area contributed by atoms with Crippen LogP contribution in [0.5, 0.6) is 5.75 Å². The molecule has 7 heteroatoms. The normalized spacial score (nSPS) is 18.4. The van der Waals surface area contributed by atoms with Crippen molar-refractivity contribution in [3.8, 4) is 5.75 Å². The molecular formula is C23H28N2O5. The number of Topliss-reactive ketones (excluding diaryl/α,β-unsaturated/α-hetero) is 1. The second-order valence-corrected chi connectivity index (χ2v) is 7.62. The fraction of sp³-hybridized carbons (Fsp3) is 0.391. The van der Waals surface area contributed by atoms with Crippen molar-refractivity contribution in [3.63, 3.8) is 0 Å². The Morgan fingerprint density at radius 3 is 2.63 bits per heavy atom. The highest BCUT2D eigenvalue weighted by Crippen LogP contribution is 2.40. The molecule has 0 aliphatic carbocycles. The number of aliphatic hydroxyl groups excluding tert-OH is 1. The number of hydrogen-bond acceptors (Lipinski definition) is 6. The highest BCUT2D eigenvalue weighted by atomic mass is 16.5. The quantitative estimate of drug-likeness (QED) is 0.407. The highest BCUT2D eigenvalue weighted by molar-refractivity contribution is 6.46. The molecule has 1 aliphatic rings. The van der Waals surface area contributed by atoms with Crippen LogP contribution in [0.4, 0.5) is 0 Å². The Kier molecular flexibility index (Phi) is 6.62. The third-order valence-corrected chi connectivity index (χ3v) is 4.94. The molecule has 1 amide bonds. The van der Waals surface area contributed by atoms with Gasteiger partial charge in [-0.2, -0.15) is 0 Å². The minimum atomic E-state index is -0.779. The van der Waals surface area contributed by atoms with E-state index < -0.39 is 17.7 Å². The summed E-state index contributed by atoms with van der Waals surface area (Å²) in [7, 11) is 3.79. The van der Waals surface area contributed by atoms with Crippen LogP contribution in [0.3, 0.4) is 0 Å². The number of furan rings is 1. The van der Waals surface area contributed by atoms with Crippen LogP contribution < -0.4 is 4.74 Å². The molecule has 160 valence electrons. The van der Waals surface area contributed by atoms with E-state index in [4.69, 9.17) is 9.15 Å². The van der Waals surface area contributed by atoms with Gasteiger partial charge in [-0.15, -0.1) is 0 Å². The summed E-state index contributed by atoms with van der Waals surface area (Å²) in [5, 5.41) is 11.1. The maximum Gasteiger partial charge on any atom is 0.295 e. The first kappa shape index (κ1) is 21.6. The lowest BCUT2D eigenvalue weighted by Crippen LogP contribution is -2.35. The SMILES string of the molecule is CCCOc1cccc(C(O)=C2C(=O)C(=O)N(CCN(C)C)C2c2ccc(C)o2)c1. The zero-order valence-corrected chi connectivity index (χ0v) is 17.8. The maximum atomic E-state index is 12.9. The van der Waals surface area contributed by atoms with Gasteiger partial charge in [-0.3, -0.25) is 9.59 Å². The Hall–Kier alpha value is -3.06. The van der Waals surface area contributed by atoms with Gasteiger partial charge in [0.25, 0.3) is 11.7 Å². The number of aliphatic hydroxyl groups is 1. The predicted molar refractivity (Wildman–Crippen MR) is 113 cm³/mol. The standard InChI is InChI=1S/C23H28N2O5/c1-5-13-29-17-8-6-7-16(14-17)21(26)19-20(18-10-9-15(2)30-18)25(12-11-24(3)4)23(28)22(19)27/h6-10,14,20,26H,5,11-13H2,1-4H3. The zero-order valence-electron chi connectivity index (χ0n) is 17.8. The number of carbonyl (C=O) groups excluding carboxylic acids is 2. The molecule has 30 heavy (non-hydrogen) atoms. The first-order valence-corrected chi connectivity index (χ1v) is 10.1. The van der Waals surface area contributed by atoms with E-state index in [1.54, 1.807) is 43.3 Å². The van der Waals surface area contributed by atoms with Crippen molar-refractivity contribution < 1.29 is 23.8 Å². The van der Waals surface area contributed by atoms with Crippen LogP contribution in [0.2, 0.25) is 0 Å². The largest absolute Gasteiger partial charge is 0.507 e. The monoisotopic (exact) mass is 412 g/mol. The lowest BCUT2D eigenvalue weighted by atomic mass is 9.99. The molecule has 7 nitrogen and oxygen atoms in total. The maximum absolute atomic E-state index is 12.9. The third kappa shape index (κ3) is 4.41. The number of likely N-dealkylation sites (N-methyl/N-ethyl adjacent to an activating group) is 1. The number of benzene rings is 1. The summed E-state index contributed by atoms with van der Waals surface area (Å²) in [5.74, 6) is 0.111. The lowest BCUT2D eigenvalue weighted by molar-refractivity contribution is -0.140. The third-order valence-electron chi connectivity index (χ3n) is 4.94. The van der Waals surface area contributed by atoms with Gasteiger partial charge in [0.15, 0.2) is 0 Å². The summed E-state index contributed by atoms with van der Waals surface area (Å²) in [4.78, 5) is 29.1. The summed E-state index contributed by atoms with van der Waals surface area (Å²) in [5.41, 5.74) is 0.447. The summed E-state index contributed by atoms with van der Waals surface area (Å²) in [6, 6.07) is 9.63. The molecule has 2 heterocycles. The number of rotatable bonds is 8. The van der Waals surface area contributed by atoms with Crippen LogP contribution in [0.15, 0.2) is 46.4 Å². The number of aryl methyl sites for hydroxylation is 1. The Morgan fingerprint density at radius 1 is 1.23 bits per heavy atom. The average Bonchev–Trinajstić information content (AvgIpc) is 3.25. The molecule has 1 unspecified atom stereocenters. The van der Waals surface area contributed by atoms with E-state index in [2.05, 4.69) is 0 Å². The molecular weight excluding hydrogens is 384 g/mol. The molecule has 1 atom stereocenters. The smallest absolute Gasteiger partial charge is 0.295 e. The predicted octanol–water partition coefficient (Wildman–Crippen LogP) is 3.36. The van der Waals surface area contributed by atoms with Gasteiger partial charge >= 0.3 is 0 Å². The number of hydrogen-bond donors (Lipinski definition) is 1. The minimum absolute atomic E-state index is 0.0285. The minimum Gasteiger partial charge on any atom is -0.507 e. The molecule has 0 bridgehead atoms. The number of carbonyl (C=O) groups is 2. The van der Waals surface area contributed by atoms with E-state index in [1.165, 1.54) is 4.90 Å². The van der Waals surface area contributed by atoms with Crippen LogP contribution >= 0.6 is 0 Å². The van der Waals surface area contributed by atoms with Gasteiger partial charge in [-0.05, 0) is 51.7 Å². The van der Waals surface area contributed by atoms with Gasteiger partial charge < -0.3 is 24.1 Å². The van der Waals surface area contributed by atoms with Crippen molar-refractivity contribution in [2.45, 2.75) is 26.3 Å². The summed E-state index contributed by atoms with van der Waals surface area (Å²) in [6.45, 7) is 5.25. The fourth-order valence-corrected chi connectivity index (χ4v) is 3.42. The molecule has 1 aromatic carbocycles. The summed E-state index contributed by atoms with van der Waals surface area (Å²) >= 11 is 0. The average molecular weight is 412 g/mol. The van der Waals surface area contributed by atoms with Gasteiger partial charge in [0.2, 0.25) is 0 Å². The topological polar surface area (TPSA) is 83.2 Å². The second kappa shape index (κ2) is 9.17. The van der Waals surface area contributed by atoms with E-state index in [1.807, 2.05) is 25.9 Å². The van der Waals surface area contributed by atoms with Crippen LogP contribution in [0, 0.1) is 6.92 Å². The van der Waals surface area contributed by atoms with Crippen molar-refractivity contribution >= 4 is 17.4 Å². The van der Waals surface area contributed by atoms with Crippen molar-refractivity contribution in [1.82, 2.24) is 9.80 Å². The highest BCUT2D eigenvalue weighted by Gasteiger charge is 2.47. The van der Waals surface area contributed by atoms with Crippen LogP contribution in [0.25, 0.3) is 5.76 Å². The van der Waals surface area contributed by atoms with E-state index in [0.717, 1.165) is 6.42 Å². The van der Waals surface area contributed by atoms with Crippen LogP contribution in [-0.2, 0) is 9.59 Å². The summed E-state index contributed by atoms with van der Waals surface area (Å²) in [6.07, 6.45) is 0.852. The van der Waals surface area contributed by atoms with Gasteiger partial charge in [-0.1, -0.05) is 19.1 Å². The van der Waals surface area contributed by atoms with E-state index in [-0.39, 0.29) is 11.3 Å². The Morgan fingerprint density at radius 2 is 2.00 bits per heavy atom. The molecule has 1 aromatic heterocycles. The molecule has 3 rings (SSSR count). The lowest BCUT2D eigenvalue weighted by Gasteiger charge is -2.24. The first-order valence-electron chi connectivity index (χ1n) is 10.1. The zero-order chi connectivity index (χ0) is 21.8. The molecule has 0 radical (unpaired) electrons. The Balaban J connectivity index is 2.07. The Labute approximate surface area is 176 Å². The summed E-state index contributed by atoms with van der Waals surface area (Å²) < 4.78 is 11.4. The molecule has 0 spiro atoms. The van der Waals surface area contributed by atoms with E-state index in [0.29, 0.717) is 42.5 Å². The number of likely N-dealkylation sites (tertiary alicyclic amines) is 1. The molecule has 1 saturated heterocycles.